The summed E-state index contributed by atoms with van der Waals surface area (Å²) in [6.45, 7) is 0.360. The Morgan fingerprint density at radius 3 is 2.67 bits per heavy atom. The number of aromatic nitrogens is 1. The van der Waals surface area contributed by atoms with Gasteiger partial charge in [0.05, 0.1) is 26.4 Å². The Morgan fingerprint density at radius 1 is 1.29 bits per heavy atom. The number of benzene rings is 1. The summed E-state index contributed by atoms with van der Waals surface area (Å²) in [7, 11) is 1.50. The van der Waals surface area contributed by atoms with Gasteiger partial charge in [-0.1, -0.05) is 35.5 Å². The van der Waals surface area contributed by atoms with E-state index in [2.05, 4.69) is 10.2 Å². The first-order valence-corrected chi connectivity index (χ1v) is 7.85. The van der Waals surface area contributed by atoms with Crippen LogP contribution in [-0.4, -0.2) is 23.3 Å². The maximum atomic E-state index is 11.5. The molecule has 1 aromatic carbocycles. The minimum absolute atomic E-state index is 0.0367. The van der Waals surface area contributed by atoms with Gasteiger partial charge in [0.25, 0.3) is 0 Å². The molecular weight excluding hydrogens is 308 g/mol. The second-order valence-corrected chi connectivity index (χ2v) is 6.01. The summed E-state index contributed by atoms with van der Waals surface area (Å²) in [5.74, 6) is 0.369. The fourth-order valence-electron chi connectivity index (χ4n) is 3.02. The van der Waals surface area contributed by atoms with Gasteiger partial charge in [0, 0.05) is 24.6 Å². The van der Waals surface area contributed by atoms with Crippen molar-refractivity contribution in [3.05, 3.63) is 64.2 Å². The van der Waals surface area contributed by atoms with Crippen molar-refractivity contribution in [2.45, 2.75) is 37.7 Å². The van der Waals surface area contributed by atoms with Crippen molar-refractivity contribution in [1.82, 2.24) is 4.98 Å². The fraction of sp³-hybridized carbons (Fsp3) is 0.389. The molecule has 0 radical (unpaired) electrons. The second kappa shape index (κ2) is 7.07. The van der Waals surface area contributed by atoms with Gasteiger partial charge in [-0.2, -0.15) is 0 Å². The van der Waals surface area contributed by atoms with Crippen LogP contribution in [0, 0.1) is 4.91 Å². The van der Waals surface area contributed by atoms with Gasteiger partial charge in [-0.3, -0.25) is 0 Å². The van der Waals surface area contributed by atoms with Crippen molar-refractivity contribution < 1.29 is 14.6 Å². The minimum Gasteiger partial charge on any atom is -0.481 e. The molecule has 0 spiro atoms. The van der Waals surface area contributed by atoms with Gasteiger partial charge in [-0.15, -0.1) is 4.91 Å². The fourth-order valence-corrected chi connectivity index (χ4v) is 3.02. The predicted octanol–water partition coefficient (Wildman–Crippen LogP) is 2.92. The second-order valence-electron chi connectivity index (χ2n) is 6.01. The first-order chi connectivity index (χ1) is 11.7. The SMILES string of the molecule is COc1ncc(CO)cc1C1(N=O)CC(OCc2ccccc2)C1. The average molecular weight is 328 g/mol. The molecule has 1 saturated carbocycles. The Labute approximate surface area is 140 Å². The molecule has 1 fully saturated rings. The largest absolute Gasteiger partial charge is 0.481 e. The number of nitrogens with zero attached hydrogens (tertiary/aromatic N) is 2. The monoisotopic (exact) mass is 328 g/mol. The molecule has 1 heterocycles. The Bertz CT molecular complexity index is 699. The Kier molecular flexibility index (Phi) is 4.87. The highest BCUT2D eigenvalue weighted by atomic mass is 16.5. The lowest BCUT2D eigenvalue weighted by atomic mass is 9.70. The molecule has 0 aliphatic heterocycles. The Balaban J connectivity index is 1.71. The molecule has 1 N–H and O–H groups in total. The summed E-state index contributed by atoms with van der Waals surface area (Å²) < 4.78 is 11.1. The number of nitroso groups, excluding NO2 is 1. The first-order valence-electron chi connectivity index (χ1n) is 7.85. The summed E-state index contributed by atoms with van der Waals surface area (Å²) >= 11 is 0. The zero-order valence-electron chi connectivity index (χ0n) is 13.5. The minimum atomic E-state index is -0.898. The van der Waals surface area contributed by atoms with Crippen molar-refractivity contribution in [3.8, 4) is 5.88 Å². The molecule has 24 heavy (non-hydrogen) atoms. The summed E-state index contributed by atoms with van der Waals surface area (Å²) in [4.78, 5) is 15.7. The molecule has 6 heteroatoms. The van der Waals surface area contributed by atoms with E-state index in [1.54, 1.807) is 6.07 Å². The molecule has 126 valence electrons. The van der Waals surface area contributed by atoms with E-state index in [0.717, 1.165) is 5.56 Å². The van der Waals surface area contributed by atoms with Gasteiger partial charge >= 0.3 is 0 Å². The molecule has 6 nitrogen and oxygen atoms in total. The third-order valence-corrected chi connectivity index (χ3v) is 4.42. The number of aliphatic hydroxyl groups is 1. The number of ether oxygens (including phenoxy) is 2. The number of hydrogen-bond donors (Lipinski definition) is 1. The van der Waals surface area contributed by atoms with E-state index < -0.39 is 5.54 Å². The van der Waals surface area contributed by atoms with Crippen LogP contribution in [-0.2, 0) is 23.5 Å². The zero-order chi connectivity index (χ0) is 17.0. The van der Waals surface area contributed by atoms with Gasteiger partial charge in [0.15, 0.2) is 0 Å². The van der Waals surface area contributed by atoms with Gasteiger partial charge in [0.2, 0.25) is 5.88 Å². The summed E-state index contributed by atoms with van der Waals surface area (Å²) in [5, 5.41) is 12.7. The number of pyridine rings is 1. The van der Waals surface area contributed by atoms with Crippen LogP contribution in [0.4, 0.5) is 0 Å². The molecule has 0 atom stereocenters. The van der Waals surface area contributed by atoms with Crippen molar-refractivity contribution in [3.63, 3.8) is 0 Å². The number of aliphatic hydroxyl groups excluding tert-OH is 1. The van der Waals surface area contributed by atoms with Crippen LogP contribution >= 0.6 is 0 Å². The molecule has 0 saturated heterocycles. The summed E-state index contributed by atoms with van der Waals surface area (Å²) in [6, 6.07) is 11.6. The smallest absolute Gasteiger partial charge is 0.218 e. The lowest BCUT2D eigenvalue weighted by molar-refractivity contribution is -0.0541. The van der Waals surface area contributed by atoms with Crippen molar-refractivity contribution >= 4 is 0 Å². The van der Waals surface area contributed by atoms with Crippen LogP contribution in [0.5, 0.6) is 5.88 Å². The van der Waals surface area contributed by atoms with Crippen LogP contribution < -0.4 is 4.74 Å². The first kappa shape index (κ1) is 16.5. The van der Waals surface area contributed by atoms with Crippen molar-refractivity contribution in [2.24, 2.45) is 5.18 Å². The van der Waals surface area contributed by atoms with Crippen molar-refractivity contribution in [2.75, 3.05) is 7.11 Å². The standard InChI is InChI=1S/C18H20N2O4/c1-23-17-16(7-14(11-21)10-19-17)18(20-22)8-15(9-18)24-12-13-5-3-2-4-6-13/h2-7,10,15,21H,8-9,11-12H2,1H3. The molecule has 0 bridgehead atoms. The molecular formula is C18H20N2O4. The third kappa shape index (κ3) is 3.16. The topological polar surface area (TPSA) is 81.0 Å². The van der Waals surface area contributed by atoms with E-state index in [0.29, 0.717) is 36.5 Å². The lowest BCUT2D eigenvalue weighted by Crippen LogP contribution is -2.44. The van der Waals surface area contributed by atoms with E-state index >= 15 is 0 Å². The summed E-state index contributed by atoms with van der Waals surface area (Å²) in [6.07, 6.45) is 2.46. The highest BCUT2D eigenvalue weighted by Gasteiger charge is 2.50. The number of methoxy groups -OCH3 is 1. The van der Waals surface area contributed by atoms with Gasteiger partial charge in [-0.25, -0.2) is 4.98 Å². The van der Waals surface area contributed by atoms with E-state index in [9.17, 15) is 10.0 Å². The molecule has 0 unspecified atom stereocenters. The zero-order valence-corrected chi connectivity index (χ0v) is 13.5. The van der Waals surface area contributed by atoms with Crippen LogP contribution in [0.15, 0.2) is 47.8 Å². The highest BCUT2D eigenvalue weighted by Crippen LogP contribution is 2.49. The Hall–Kier alpha value is -2.31. The summed E-state index contributed by atoms with van der Waals surface area (Å²) in [5.41, 5.74) is 1.44. The van der Waals surface area contributed by atoms with E-state index in [-0.39, 0.29) is 12.7 Å². The normalized spacial score (nSPS) is 22.7. The third-order valence-electron chi connectivity index (χ3n) is 4.42. The van der Waals surface area contributed by atoms with Crippen LogP contribution in [0.2, 0.25) is 0 Å². The highest BCUT2D eigenvalue weighted by molar-refractivity contribution is 5.39. The maximum absolute atomic E-state index is 11.5. The Morgan fingerprint density at radius 2 is 2.04 bits per heavy atom. The molecule has 1 aliphatic carbocycles. The predicted molar refractivity (Wildman–Crippen MR) is 88.4 cm³/mol. The van der Waals surface area contributed by atoms with Gasteiger partial charge in [-0.05, 0) is 17.2 Å². The molecule has 0 amide bonds. The van der Waals surface area contributed by atoms with Gasteiger partial charge < -0.3 is 14.6 Å². The molecule has 2 aromatic rings. The van der Waals surface area contributed by atoms with E-state index in [4.69, 9.17) is 9.47 Å². The van der Waals surface area contributed by atoms with Crippen LogP contribution in [0.25, 0.3) is 0 Å². The maximum Gasteiger partial charge on any atom is 0.218 e. The van der Waals surface area contributed by atoms with Crippen LogP contribution in [0.1, 0.15) is 29.5 Å². The van der Waals surface area contributed by atoms with Crippen LogP contribution in [0.3, 0.4) is 0 Å². The van der Waals surface area contributed by atoms with E-state index in [1.165, 1.54) is 13.3 Å². The average Bonchev–Trinajstić information content (AvgIpc) is 2.61. The quantitative estimate of drug-likeness (QED) is 0.790. The lowest BCUT2D eigenvalue weighted by Gasteiger charge is -2.42. The number of hydrogen-bond acceptors (Lipinski definition) is 6. The van der Waals surface area contributed by atoms with E-state index in [1.807, 2.05) is 30.3 Å². The number of rotatable bonds is 7. The van der Waals surface area contributed by atoms with Gasteiger partial charge in [0.1, 0.15) is 5.54 Å². The molecule has 3 rings (SSSR count). The van der Waals surface area contributed by atoms with Crippen molar-refractivity contribution in [1.29, 1.82) is 0 Å². The molecule has 1 aromatic heterocycles. The molecule has 1 aliphatic rings.